The van der Waals surface area contributed by atoms with E-state index in [0.29, 0.717) is 0 Å². The molecule has 6 heteroatoms. The molecule has 2 saturated heterocycles. The van der Waals surface area contributed by atoms with Gasteiger partial charge >= 0.3 is 0 Å². The summed E-state index contributed by atoms with van der Waals surface area (Å²) in [6, 6.07) is 0. The number of nitrogens with one attached hydrogen (secondary N) is 1. The molecule has 0 amide bonds. The van der Waals surface area contributed by atoms with Crippen LogP contribution in [0.1, 0.15) is 25.7 Å². The summed E-state index contributed by atoms with van der Waals surface area (Å²) in [7, 11) is 0. The normalized spacial score (nSPS) is 21.4. The first-order valence-electron chi connectivity index (χ1n) is 8.01. The Morgan fingerprint density at radius 1 is 1.05 bits per heavy atom. The predicted octanol–water partition coefficient (Wildman–Crippen LogP) is 1.67. The third-order valence-corrected chi connectivity index (χ3v) is 4.83. The summed E-state index contributed by atoms with van der Waals surface area (Å²) in [6.07, 6.45) is 8.61. The van der Waals surface area contributed by atoms with Crippen LogP contribution in [0.25, 0.3) is 11.2 Å². The summed E-state index contributed by atoms with van der Waals surface area (Å²) in [5.41, 5.74) is 1.73. The van der Waals surface area contributed by atoms with Gasteiger partial charge in [0.2, 0.25) is 0 Å². The molecule has 0 aromatic carbocycles. The molecule has 0 radical (unpaired) electrons. The second-order valence-electron chi connectivity index (χ2n) is 6.24. The Morgan fingerprint density at radius 3 is 2.67 bits per heavy atom. The van der Waals surface area contributed by atoms with Crippen molar-refractivity contribution in [1.29, 1.82) is 0 Å². The van der Waals surface area contributed by atoms with Gasteiger partial charge in [0.05, 0.1) is 6.33 Å². The lowest BCUT2D eigenvalue weighted by Crippen LogP contribution is -2.38. The van der Waals surface area contributed by atoms with E-state index < -0.39 is 0 Å². The molecule has 2 aliphatic rings. The SMILES string of the molecule is c1nc(N2CCC(CN3CCCC3)CC2)c2[nH]cnc2n1. The van der Waals surface area contributed by atoms with Crippen LogP contribution in [0.4, 0.5) is 5.82 Å². The van der Waals surface area contributed by atoms with Gasteiger partial charge < -0.3 is 14.8 Å². The first-order valence-corrected chi connectivity index (χ1v) is 8.01. The van der Waals surface area contributed by atoms with E-state index in [1.807, 2.05) is 0 Å². The molecule has 2 aromatic rings. The van der Waals surface area contributed by atoms with E-state index in [4.69, 9.17) is 0 Å². The fraction of sp³-hybridized carbons (Fsp3) is 0.667. The number of piperidine rings is 1. The average Bonchev–Trinajstić information content (AvgIpc) is 3.18. The highest BCUT2D eigenvalue weighted by atomic mass is 15.2. The topological polar surface area (TPSA) is 60.9 Å². The predicted molar refractivity (Wildman–Crippen MR) is 82.3 cm³/mol. The van der Waals surface area contributed by atoms with Crippen molar-refractivity contribution in [3.05, 3.63) is 12.7 Å². The van der Waals surface area contributed by atoms with E-state index in [9.17, 15) is 0 Å². The van der Waals surface area contributed by atoms with E-state index in [0.717, 1.165) is 36.0 Å². The lowest BCUT2D eigenvalue weighted by molar-refractivity contribution is 0.249. The van der Waals surface area contributed by atoms with Crippen molar-refractivity contribution in [2.75, 3.05) is 37.6 Å². The minimum Gasteiger partial charge on any atom is -0.355 e. The minimum absolute atomic E-state index is 0.763. The Bertz CT molecular complexity index is 595. The van der Waals surface area contributed by atoms with Crippen molar-refractivity contribution in [2.45, 2.75) is 25.7 Å². The third-order valence-electron chi connectivity index (χ3n) is 4.83. The number of hydrogen-bond acceptors (Lipinski definition) is 5. The van der Waals surface area contributed by atoms with Gasteiger partial charge in [-0.2, -0.15) is 0 Å². The van der Waals surface area contributed by atoms with Crippen LogP contribution in [0.3, 0.4) is 0 Å². The highest BCUT2D eigenvalue weighted by Crippen LogP contribution is 2.26. The number of anilines is 1. The first-order chi connectivity index (χ1) is 10.4. The molecule has 0 aliphatic carbocycles. The molecule has 0 saturated carbocycles. The van der Waals surface area contributed by atoms with Gasteiger partial charge in [-0.15, -0.1) is 0 Å². The maximum absolute atomic E-state index is 4.46. The standard InChI is InChI=1S/C15H22N6/c1-2-6-20(5-1)9-12-3-7-21(8-4-12)15-13-14(17-10-16-13)18-11-19-15/h10-12H,1-9H2,(H,16,17,18,19). The lowest BCUT2D eigenvalue weighted by Gasteiger charge is -2.34. The van der Waals surface area contributed by atoms with Crippen LogP contribution in [0.5, 0.6) is 0 Å². The van der Waals surface area contributed by atoms with Crippen LogP contribution in [-0.2, 0) is 0 Å². The highest BCUT2D eigenvalue weighted by molar-refractivity contribution is 5.82. The summed E-state index contributed by atoms with van der Waals surface area (Å²) < 4.78 is 0. The van der Waals surface area contributed by atoms with Gasteiger partial charge in [-0.1, -0.05) is 0 Å². The number of H-pyrrole nitrogens is 1. The Hall–Kier alpha value is -1.69. The number of rotatable bonds is 3. The molecule has 6 nitrogen and oxygen atoms in total. The number of nitrogens with zero attached hydrogens (tertiary/aromatic N) is 5. The van der Waals surface area contributed by atoms with E-state index in [2.05, 4.69) is 29.7 Å². The summed E-state index contributed by atoms with van der Waals surface area (Å²) in [6.45, 7) is 6.08. The van der Waals surface area contributed by atoms with Crippen molar-refractivity contribution < 1.29 is 0 Å². The molecule has 0 unspecified atom stereocenters. The largest absolute Gasteiger partial charge is 0.355 e. The molecule has 2 fully saturated rings. The maximum atomic E-state index is 4.46. The van der Waals surface area contributed by atoms with Crippen LogP contribution in [0.2, 0.25) is 0 Å². The van der Waals surface area contributed by atoms with Crippen LogP contribution in [0.15, 0.2) is 12.7 Å². The van der Waals surface area contributed by atoms with Crippen LogP contribution in [0, 0.1) is 5.92 Å². The first kappa shape index (κ1) is 13.0. The zero-order valence-corrected chi connectivity index (χ0v) is 12.3. The van der Waals surface area contributed by atoms with Crippen molar-refractivity contribution in [3.8, 4) is 0 Å². The van der Waals surface area contributed by atoms with Gasteiger partial charge in [0.25, 0.3) is 0 Å². The molecule has 1 N–H and O–H groups in total. The number of imidazole rings is 1. The van der Waals surface area contributed by atoms with Crippen LogP contribution < -0.4 is 4.90 Å². The molecule has 0 spiro atoms. The summed E-state index contributed by atoms with van der Waals surface area (Å²) in [5.74, 6) is 1.86. The average molecular weight is 286 g/mol. The summed E-state index contributed by atoms with van der Waals surface area (Å²) in [4.78, 5) is 21.1. The van der Waals surface area contributed by atoms with Gasteiger partial charge in [0.1, 0.15) is 11.8 Å². The zero-order valence-electron chi connectivity index (χ0n) is 12.3. The minimum atomic E-state index is 0.763. The van der Waals surface area contributed by atoms with Gasteiger partial charge in [-0.3, -0.25) is 0 Å². The fourth-order valence-corrected chi connectivity index (χ4v) is 3.65. The molecule has 2 aliphatic heterocycles. The number of aromatic amines is 1. The molecule has 2 aromatic heterocycles. The number of hydrogen-bond donors (Lipinski definition) is 1. The Kier molecular flexibility index (Phi) is 3.47. The zero-order chi connectivity index (χ0) is 14.1. The second-order valence-corrected chi connectivity index (χ2v) is 6.24. The van der Waals surface area contributed by atoms with E-state index >= 15 is 0 Å². The van der Waals surface area contributed by atoms with Crippen LogP contribution in [-0.4, -0.2) is 57.6 Å². The van der Waals surface area contributed by atoms with Gasteiger partial charge in [-0.25, -0.2) is 15.0 Å². The van der Waals surface area contributed by atoms with Crippen molar-refractivity contribution in [1.82, 2.24) is 24.8 Å². The van der Waals surface area contributed by atoms with Gasteiger partial charge in [0, 0.05) is 19.6 Å². The monoisotopic (exact) mass is 286 g/mol. The Labute approximate surface area is 124 Å². The third kappa shape index (κ3) is 2.60. The molecule has 21 heavy (non-hydrogen) atoms. The molecular formula is C15H22N6. The maximum Gasteiger partial charge on any atom is 0.182 e. The smallest absolute Gasteiger partial charge is 0.182 e. The van der Waals surface area contributed by atoms with Gasteiger partial charge in [-0.05, 0) is 44.7 Å². The quantitative estimate of drug-likeness (QED) is 0.930. The number of aromatic nitrogens is 4. The fourth-order valence-electron chi connectivity index (χ4n) is 3.65. The van der Waals surface area contributed by atoms with Crippen molar-refractivity contribution in [3.63, 3.8) is 0 Å². The summed E-state index contributed by atoms with van der Waals surface area (Å²) in [5, 5.41) is 0. The highest BCUT2D eigenvalue weighted by Gasteiger charge is 2.24. The molecular weight excluding hydrogens is 264 g/mol. The Morgan fingerprint density at radius 2 is 1.86 bits per heavy atom. The number of fused-ring (bicyclic) bond motifs is 1. The molecule has 4 heterocycles. The molecule has 4 rings (SSSR count). The summed E-state index contributed by atoms with van der Waals surface area (Å²) >= 11 is 0. The van der Waals surface area contributed by atoms with E-state index in [-0.39, 0.29) is 0 Å². The van der Waals surface area contributed by atoms with Crippen LogP contribution >= 0.6 is 0 Å². The molecule has 0 bridgehead atoms. The lowest BCUT2D eigenvalue weighted by atomic mass is 9.96. The number of likely N-dealkylation sites (tertiary alicyclic amines) is 1. The second kappa shape index (κ2) is 5.60. The van der Waals surface area contributed by atoms with Crippen molar-refractivity contribution in [2.24, 2.45) is 5.92 Å². The van der Waals surface area contributed by atoms with E-state index in [1.165, 1.54) is 45.3 Å². The van der Waals surface area contributed by atoms with E-state index in [1.54, 1.807) is 12.7 Å². The Balaban J connectivity index is 1.41. The van der Waals surface area contributed by atoms with Crippen molar-refractivity contribution >= 4 is 17.0 Å². The van der Waals surface area contributed by atoms with Gasteiger partial charge in [0.15, 0.2) is 11.5 Å². The molecule has 112 valence electrons. The molecule has 0 atom stereocenters.